The molecule has 0 saturated heterocycles. The summed E-state index contributed by atoms with van der Waals surface area (Å²) in [5.41, 5.74) is 2.30. The van der Waals surface area contributed by atoms with Gasteiger partial charge in [-0.15, -0.1) is 0 Å². The molecule has 1 aliphatic heterocycles. The summed E-state index contributed by atoms with van der Waals surface area (Å²) >= 11 is 9.53. The number of fused-ring (bicyclic) bond motifs is 1. The lowest BCUT2D eigenvalue weighted by molar-refractivity contribution is 0.887. The highest BCUT2D eigenvalue weighted by Gasteiger charge is 2.08. The van der Waals surface area contributed by atoms with Gasteiger partial charge in [0.1, 0.15) is 0 Å². The Morgan fingerprint density at radius 2 is 2.21 bits per heavy atom. The number of halogens is 2. The Morgan fingerprint density at radius 3 is 3.07 bits per heavy atom. The molecular weight excluding hydrogens is 261 g/mol. The maximum Gasteiger partial charge on any atom is 0.0555 e. The van der Waals surface area contributed by atoms with E-state index in [-0.39, 0.29) is 0 Å². The molecule has 0 amide bonds. The van der Waals surface area contributed by atoms with Crippen LogP contribution >= 0.6 is 27.5 Å². The summed E-state index contributed by atoms with van der Waals surface area (Å²) in [5.74, 6) is 0. The summed E-state index contributed by atoms with van der Waals surface area (Å²) in [4.78, 5) is 0. The molecule has 3 heteroatoms. The van der Waals surface area contributed by atoms with Crippen LogP contribution in [-0.4, -0.2) is 6.54 Å². The fourth-order valence-corrected chi connectivity index (χ4v) is 2.17. The van der Waals surface area contributed by atoms with Gasteiger partial charge in [-0.05, 0) is 40.9 Å². The molecule has 1 heterocycles. The number of allylic oxidation sites excluding steroid dienone is 1. The first-order valence-corrected chi connectivity index (χ1v) is 5.84. The largest absolute Gasteiger partial charge is 0.385 e. The van der Waals surface area contributed by atoms with E-state index in [4.69, 9.17) is 11.6 Å². The monoisotopic (exact) mass is 271 g/mol. The van der Waals surface area contributed by atoms with E-state index in [9.17, 15) is 0 Å². The third-order valence-electron chi connectivity index (χ3n) is 2.28. The van der Waals surface area contributed by atoms with Gasteiger partial charge in [0.15, 0.2) is 0 Å². The minimum absolute atomic E-state index is 0.760. The number of hydrogen-bond donors (Lipinski definition) is 1. The van der Waals surface area contributed by atoms with Gasteiger partial charge in [0.05, 0.1) is 5.02 Å². The van der Waals surface area contributed by atoms with E-state index < -0.39 is 0 Å². The second-order valence-corrected chi connectivity index (χ2v) is 4.49. The van der Waals surface area contributed by atoms with E-state index in [0.717, 1.165) is 33.7 Å². The maximum absolute atomic E-state index is 6.03. The first-order chi connectivity index (χ1) is 6.79. The average Bonchev–Trinajstić information content (AvgIpc) is 2.13. The van der Waals surface area contributed by atoms with E-state index in [2.05, 4.69) is 33.4 Å². The van der Waals surface area contributed by atoms with Crippen LogP contribution in [0.1, 0.15) is 18.4 Å². The molecule has 0 unspecified atom stereocenters. The molecule has 0 fully saturated rings. The number of hydrogen-bond acceptors (Lipinski definition) is 1. The number of rotatable bonds is 0. The fraction of sp³-hybridized carbons (Fsp3) is 0.273. The van der Waals surface area contributed by atoms with E-state index >= 15 is 0 Å². The van der Waals surface area contributed by atoms with Crippen LogP contribution in [0.2, 0.25) is 5.02 Å². The molecule has 1 aromatic carbocycles. The van der Waals surface area contributed by atoms with Crippen LogP contribution in [0.5, 0.6) is 0 Å². The standard InChI is InChI=1S/C11H11BrClN/c12-11-8-4-2-1-3-7-14-10(8)6-5-9(11)13/h2,4-6,14H,1,3,7H2/b4-2+. The minimum atomic E-state index is 0.760. The van der Waals surface area contributed by atoms with Crippen LogP contribution in [0.25, 0.3) is 6.08 Å². The SMILES string of the molecule is Clc1ccc2c(c1Br)/C=C/CCCN2. The van der Waals surface area contributed by atoms with Crippen molar-refractivity contribution in [1.82, 2.24) is 0 Å². The van der Waals surface area contributed by atoms with Crippen LogP contribution in [0.3, 0.4) is 0 Å². The predicted octanol–water partition coefficient (Wildman–Crippen LogP) is 4.32. The maximum atomic E-state index is 6.03. The molecule has 14 heavy (non-hydrogen) atoms. The Labute approximate surface area is 97.3 Å². The van der Waals surface area contributed by atoms with Gasteiger partial charge in [-0.25, -0.2) is 0 Å². The number of nitrogens with one attached hydrogen (secondary N) is 1. The van der Waals surface area contributed by atoms with Crippen LogP contribution in [0, 0.1) is 0 Å². The summed E-state index contributed by atoms with van der Waals surface area (Å²) in [6, 6.07) is 3.94. The van der Waals surface area contributed by atoms with Gasteiger partial charge in [0.25, 0.3) is 0 Å². The van der Waals surface area contributed by atoms with E-state index in [0.29, 0.717) is 0 Å². The van der Waals surface area contributed by atoms with E-state index in [1.165, 1.54) is 6.42 Å². The Hall–Kier alpha value is -0.470. The quantitative estimate of drug-likeness (QED) is 0.741. The highest BCUT2D eigenvalue weighted by atomic mass is 79.9. The number of anilines is 1. The zero-order chi connectivity index (χ0) is 9.97. The third-order valence-corrected chi connectivity index (χ3v) is 3.68. The van der Waals surface area contributed by atoms with Crippen LogP contribution < -0.4 is 5.32 Å². The highest BCUT2D eigenvalue weighted by molar-refractivity contribution is 9.10. The van der Waals surface area contributed by atoms with Crippen molar-refractivity contribution in [3.05, 3.63) is 33.3 Å². The molecule has 0 aromatic heterocycles. The van der Waals surface area contributed by atoms with Gasteiger partial charge >= 0.3 is 0 Å². The second kappa shape index (κ2) is 4.37. The number of benzene rings is 1. The first-order valence-electron chi connectivity index (χ1n) is 4.67. The molecule has 74 valence electrons. The molecule has 0 radical (unpaired) electrons. The van der Waals surface area contributed by atoms with Crippen molar-refractivity contribution in [2.24, 2.45) is 0 Å². The summed E-state index contributed by atoms with van der Waals surface area (Å²) in [5, 5.41) is 4.15. The lowest BCUT2D eigenvalue weighted by Gasteiger charge is -2.14. The zero-order valence-corrected chi connectivity index (χ0v) is 10.0. The molecule has 1 aromatic rings. The molecule has 1 nitrogen and oxygen atoms in total. The Balaban J connectivity index is 2.51. The van der Waals surface area contributed by atoms with Gasteiger partial charge in [-0.2, -0.15) is 0 Å². The summed E-state index contributed by atoms with van der Waals surface area (Å²) in [6.07, 6.45) is 6.61. The molecule has 0 spiro atoms. The second-order valence-electron chi connectivity index (χ2n) is 3.29. The summed E-state index contributed by atoms with van der Waals surface area (Å²) < 4.78 is 0.974. The Bertz CT molecular complexity index is 374. The lowest BCUT2D eigenvalue weighted by Crippen LogP contribution is -2.04. The molecule has 0 bridgehead atoms. The lowest BCUT2D eigenvalue weighted by atomic mass is 10.1. The fourth-order valence-electron chi connectivity index (χ4n) is 1.53. The molecular formula is C11H11BrClN. The van der Waals surface area contributed by atoms with Crippen molar-refractivity contribution in [2.45, 2.75) is 12.8 Å². The van der Waals surface area contributed by atoms with Crippen molar-refractivity contribution in [2.75, 3.05) is 11.9 Å². The third kappa shape index (κ3) is 1.96. The Morgan fingerprint density at radius 1 is 1.36 bits per heavy atom. The van der Waals surface area contributed by atoms with Crippen molar-refractivity contribution in [3.63, 3.8) is 0 Å². The Kier molecular flexibility index (Phi) is 3.14. The van der Waals surface area contributed by atoms with Crippen molar-refractivity contribution in [3.8, 4) is 0 Å². The minimum Gasteiger partial charge on any atom is -0.385 e. The van der Waals surface area contributed by atoms with E-state index in [1.54, 1.807) is 0 Å². The smallest absolute Gasteiger partial charge is 0.0555 e. The molecule has 1 aliphatic rings. The van der Waals surface area contributed by atoms with Crippen molar-refractivity contribution >= 4 is 39.3 Å². The van der Waals surface area contributed by atoms with Gasteiger partial charge in [-0.1, -0.05) is 23.8 Å². The van der Waals surface area contributed by atoms with Crippen molar-refractivity contribution < 1.29 is 0 Å². The molecule has 1 N–H and O–H groups in total. The zero-order valence-electron chi connectivity index (χ0n) is 7.69. The average molecular weight is 273 g/mol. The molecule has 0 saturated carbocycles. The highest BCUT2D eigenvalue weighted by Crippen LogP contribution is 2.33. The van der Waals surface area contributed by atoms with E-state index in [1.807, 2.05) is 12.1 Å². The summed E-state index contributed by atoms with van der Waals surface area (Å²) in [6.45, 7) is 1.02. The topological polar surface area (TPSA) is 12.0 Å². The van der Waals surface area contributed by atoms with Gasteiger partial charge in [-0.3, -0.25) is 0 Å². The van der Waals surface area contributed by atoms with Crippen LogP contribution in [-0.2, 0) is 0 Å². The molecule has 0 aliphatic carbocycles. The molecule has 2 rings (SSSR count). The van der Waals surface area contributed by atoms with Crippen LogP contribution in [0.4, 0.5) is 5.69 Å². The van der Waals surface area contributed by atoms with Gasteiger partial charge < -0.3 is 5.32 Å². The molecule has 0 atom stereocenters. The van der Waals surface area contributed by atoms with Gasteiger partial charge in [0.2, 0.25) is 0 Å². The summed E-state index contributed by atoms with van der Waals surface area (Å²) in [7, 11) is 0. The van der Waals surface area contributed by atoms with Crippen LogP contribution in [0.15, 0.2) is 22.7 Å². The normalized spacial score (nSPS) is 17.6. The predicted molar refractivity (Wildman–Crippen MR) is 65.9 cm³/mol. The van der Waals surface area contributed by atoms with Crippen molar-refractivity contribution in [1.29, 1.82) is 0 Å². The van der Waals surface area contributed by atoms with Gasteiger partial charge in [0, 0.05) is 22.3 Å². The first kappa shape index (κ1) is 10.1.